The fraction of sp³-hybridized carbons (Fsp3) is 0.600. The zero-order chi connectivity index (χ0) is 11.7. The summed E-state index contributed by atoms with van der Waals surface area (Å²) in [6, 6.07) is 9.66. The molecule has 92 valence electrons. The summed E-state index contributed by atoms with van der Waals surface area (Å²) in [4.78, 5) is 2.68. The van der Waals surface area contributed by atoms with E-state index in [-0.39, 0.29) is 0 Å². The normalized spacial score (nSPS) is 33.1. The summed E-state index contributed by atoms with van der Waals surface area (Å²) >= 11 is 0. The molecule has 1 N–H and O–H groups in total. The van der Waals surface area contributed by atoms with E-state index in [1.807, 2.05) is 0 Å². The molecular formula is C15H22N2. The first kappa shape index (κ1) is 11.2. The number of rotatable bonds is 1. The quantitative estimate of drug-likeness (QED) is 0.796. The number of nitrogens with zero attached hydrogens (tertiary/aromatic N) is 1. The molecule has 3 atom stereocenters. The van der Waals surface area contributed by atoms with Gasteiger partial charge in [0.1, 0.15) is 0 Å². The molecule has 1 aromatic rings. The second-order valence-corrected chi connectivity index (χ2v) is 5.59. The monoisotopic (exact) mass is 230 g/mol. The van der Waals surface area contributed by atoms with Gasteiger partial charge in [0.2, 0.25) is 0 Å². The van der Waals surface area contributed by atoms with Crippen LogP contribution in [-0.4, -0.2) is 31.1 Å². The molecule has 2 nitrogen and oxygen atoms in total. The molecule has 3 rings (SSSR count). The fourth-order valence-electron chi connectivity index (χ4n) is 3.22. The summed E-state index contributed by atoms with van der Waals surface area (Å²) in [7, 11) is 0. The van der Waals surface area contributed by atoms with Gasteiger partial charge < -0.3 is 5.32 Å². The number of piperidine rings is 1. The maximum atomic E-state index is 3.64. The van der Waals surface area contributed by atoms with Crippen LogP contribution in [0.2, 0.25) is 0 Å². The zero-order valence-corrected chi connectivity index (χ0v) is 10.7. The first-order chi connectivity index (χ1) is 8.33. The van der Waals surface area contributed by atoms with Crippen LogP contribution in [0.15, 0.2) is 24.3 Å². The van der Waals surface area contributed by atoms with E-state index in [4.69, 9.17) is 0 Å². The number of fused-ring (bicyclic) bond motifs is 2. The molecule has 2 aliphatic rings. The highest BCUT2D eigenvalue weighted by atomic mass is 15.2. The molecule has 2 heterocycles. The van der Waals surface area contributed by atoms with Crippen molar-refractivity contribution in [2.45, 2.75) is 25.8 Å². The van der Waals surface area contributed by atoms with Crippen molar-refractivity contribution in [1.82, 2.24) is 10.2 Å². The van der Waals surface area contributed by atoms with Crippen LogP contribution in [0.4, 0.5) is 0 Å². The Kier molecular flexibility index (Phi) is 3.17. The zero-order valence-electron chi connectivity index (χ0n) is 10.7. The smallest absolute Gasteiger partial charge is 0.0472 e. The summed E-state index contributed by atoms with van der Waals surface area (Å²) in [6.45, 7) is 7.03. The van der Waals surface area contributed by atoms with Gasteiger partial charge >= 0.3 is 0 Å². The van der Waals surface area contributed by atoms with Gasteiger partial charge in [0.25, 0.3) is 0 Å². The number of aryl methyl sites for hydroxylation is 1. The number of benzene rings is 1. The molecular weight excluding hydrogens is 208 g/mol. The van der Waals surface area contributed by atoms with Crippen LogP contribution in [0.3, 0.4) is 0 Å². The molecule has 0 spiro atoms. The number of hydrogen-bond donors (Lipinski definition) is 1. The Morgan fingerprint density at radius 1 is 1.18 bits per heavy atom. The molecule has 3 unspecified atom stereocenters. The summed E-state index contributed by atoms with van der Waals surface area (Å²) in [5.41, 5.74) is 2.83. The molecule has 0 saturated carbocycles. The molecule has 2 saturated heterocycles. The van der Waals surface area contributed by atoms with Crippen molar-refractivity contribution < 1.29 is 0 Å². The minimum atomic E-state index is 0.584. The molecule has 17 heavy (non-hydrogen) atoms. The Morgan fingerprint density at radius 2 is 2.00 bits per heavy atom. The van der Waals surface area contributed by atoms with Crippen LogP contribution < -0.4 is 5.32 Å². The molecule has 2 bridgehead atoms. The molecule has 2 fully saturated rings. The third-order valence-electron chi connectivity index (χ3n) is 4.22. The van der Waals surface area contributed by atoms with E-state index in [1.54, 1.807) is 0 Å². The third kappa shape index (κ3) is 2.38. The minimum Gasteiger partial charge on any atom is -0.315 e. The van der Waals surface area contributed by atoms with Gasteiger partial charge in [-0.1, -0.05) is 29.8 Å². The second kappa shape index (κ2) is 4.79. The largest absolute Gasteiger partial charge is 0.315 e. The van der Waals surface area contributed by atoms with Crippen LogP contribution in [0.5, 0.6) is 0 Å². The lowest BCUT2D eigenvalue weighted by atomic mass is 9.96. The van der Waals surface area contributed by atoms with E-state index in [0.717, 1.165) is 12.5 Å². The van der Waals surface area contributed by atoms with E-state index < -0.39 is 0 Å². The molecule has 1 aromatic carbocycles. The third-order valence-corrected chi connectivity index (χ3v) is 4.22. The van der Waals surface area contributed by atoms with E-state index in [0.29, 0.717) is 6.04 Å². The van der Waals surface area contributed by atoms with Gasteiger partial charge in [-0.2, -0.15) is 0 Å². The van der Waals surface area contributed by atoms with Gasteiger partial charge in [0.05, 0.1) is 0 Å². The number of nitrogens with one attached hydrogen (secondary N) is 1. The first-order valence-electron chi connectivity index (χ1n) is 6.84. The van der Waals surface area contributed by atoms with Gasteiger partial charge in [-0.25, -0.2) is 0 Å². The van der Waals surface area contributed by atoms with E-state index in [9.17, 15) is 0 Å². The van der Waals surface area contributed by atoms with E-state index in [2.05, 4.69) is 41.4 Å². The topological polar surface area (TPSA) is 15.3 Å². The minimum absolute atomic E-state index is 0.584. The molecule has 0 aliphatic carbocycles. The van der Waals surface area contributed by atoms with Crippen molar-refractivity contribution in [3.8, 4) is 0 Å². The summed E-state index contributed by atoms with van der Waals surface area (Å²) in [5, 5.41) is 3.64. The van der Waals surface area contributed by atoms with Crippen molar-refractivity contribution in [2.24, 2.45) is 5.92 Å². The van der Waals surface area contributed by atoms with Crippen molar-refractivity contribution in [3.63, 3.8) is 0 Å². The Balaban J connectivity index is 1.83. The standard InChI is InChI=1S/C15H22N2/c1-12-4-6-14(7-5-12)15-10-16-9-13-3-2-8-17(15)11-13/h4-7,13,15-16H,2-3,8-11H2,1H3. The van der Waals surface area contributed by atoms with Crippen LogP contribution in [0, 0.1) is 12.8 Å². The van der Waals surface area contributed by atoms with E-state index >= 15 is 0 Å². The Hall–Kier alpha value is -0.860. The summed E-state index contributed by atoms with van der Waals surface area (Å²) in [5.74, 6) is 0.874. The van der Waals surface area contributed by atoms with Crippen LogP contribution in [0.25, 0.3) is 0 Å². The molecule has 0 aromatic heterocycles. The van der Waals surface area contributed by atoms with Crippen LogP contribution in [0.1, 0.15) is 30.0 Å². The van der Waals surface area contributed by atoms with Gasteiger partial charge in [0, 0.05) is 19.1 Å². The molecule has 2 aliphatic heterocycles. The molecule has 0 radical (unpaired) electrons. The SMILES string of the molecule is Cc1ccc(C2CNCC3CCCN2C3)cc1. The Bertz CT molecular complexity index is 371. The van der Waals surface area contributed by atoms with Crippen molar-refractivity contribution in [2.75, 3.05) is 26.2 Å². The van der Waals surface area contributed by atoms with Crippen LogP contribution >= 0.6 is 0 Å². The van der Waals surface area contributed by atoms with Crippen molar-refractivity contribution in [3.05, 3.63) is 35.4 Å². The number of hydrogen-bond acceptors (Lipinski definition) is 2. The highest BCUT2D eigenvalue weighted by Crippen LogP contribution is 2.28. The van der Waals surface area contributed by atoms with Gasteiger partial charge in [-0.15, -0.1) is 0 Å². The average molecular weight is 230 g/mol. The van der Waals surface area contributed by atoms with Crippen molar-refractivity contribution in [1.29, 1.82) is 0 Å². The predicted molar refractivity (Wildman–Crippen MR) is 71.1 cm³/mol. The summed E-state index contributed by atoms with van der Waals surface area (Å²) in [6.07, 6.45) is 2.78. The first-order valence-corrected chi connectivity index (χ1v) is 6.84. The highest BCUT2D eigenvalue weighted by Gasteiger charge is 2.29. The predicted octanol–water partition coefficient (Wildman–Crippen LogP) is 2.35. The van der Waals surface area contributed by atoms with Crippen LogP contribution in [-0.2, 0) is 0 Å². The lowest BCUT2D eigenvalue weighted by Gasteiger charge is -2.35. The second-order valence-electron chi connectivity index (χ2n) is 5.59. The Morgan fingerprint density at radius 3 is 2.82 bits per heavy atom. The lowest BCUT2D eigenvalue weighted by molar-refractivity contribution is 0.148. The summed E-state index contributed by atoms with van der Waals surface area (Å²) < 4.78 is 0. The molecule has 0 amide bonds. The van der Waals surface area contributed by atoms with Gasteiger partial charge in [0.15, 0.2) is 0 Å². The fourth-order valence-corrected chi connectivity index (χ4v) is 3.22. The maximum Gasteiger partial charge on any atom is 0.0472 e. The average Bonchev–Trinajstić information content (AvgIpc) is 2.49. The molecule has 2 heteroatoms. The highest BCUT2D eigenvalue weighted by molar-refractivity contribution is 5.25. The van der Waals surface area contributed by atoms with E-state index in [1.165, 1.54) is 43.6 Å². The maximum absolute atomic E-state index is 3.64. The van der Waals surface area contributed by atoms with Crippen molar-refractivity contribution >= 4 is 0 Å². The lowest BCUT2D eigenvalue weighted by Crippen LogP contribution is -2.37. The van der Waals surface area contributed by atoms with Gasteiger partial charge in [-0.3, -0.25) is 4.90 Å². The Labute approximate surface area is 104 Å². The van der Waals surface area contributed by atoms with Gasteiger partial charge in [-0.05, 0) is 44.3 Å².